The maximum atomic E-state index is 12.7. The lowest BCUT2D eigenvalue weighted by atomic mass is 9.78. The van der Waals surface area contributed by atoms with Gasteiger partial charge in [-0.2, -0.15) is 0 Å². The van der Waals surface area contributed by atoms with Crippen molar-refractivity contribution >= 4 is 11.5 Å². The summed E-state index contributed by atoms with van der Waals surface area (Å²) in [7, 11) is 0. The molecule has 0 aliphatic carbocycles. The highest BCUT2D eigenvalue weighted by Crippen LogP contribution is 2.30. The van der Waals surface area contributed by atoms with Crippen LogP contribution in [0, 0.1) is 12.5 Å². The Hall–Kier alpha value is -2.47. The number of ketones is 1. The van der Waals surface area contributed by atoms with Crippen LogP contribution in [-0.2, 0) is 10.2 Å². The highest BCUT2D eigenvalue weighted by Gasteiger charge is 2.29. The van der Waals surface area contributed by atoms with Crippen molar-refractivity contribution in [2.24, 2.45) is 5.92 Å². The second-order valence-corrected chi connectivity index (χ2v) is 7.22. The summed E-state index contributed by atoms with van der Waals surface area (Å²) in [5.41, 5.74) is 3.00. The molecule has 1 heterocycles. The molecule has 0 saturated heterocycles. The zero-order valence-corrected chi connectivity index (χ0v) is 15.5. The highest BCUT2D eigenvalue weighted by molar-refractivity contribution is 5.89. The van der Waals surface area contributed by atoms with Gasteiger partial charge in [-0.25, -0.2) is 4.85 Å². The second-order valence-electron chi connectivity index (χ2n) is 7.22. The third-order valence-corrected chi connectivity index (χ3v) is 5.05. The Kier molecular flexibility index (Phi) is 6.09. The topological polar surface area (TPSA) is 34.3 Å². The Morgan fingerprint density at radius 1 is 1.20 bits per heavy atom. The fraction of sp³-hybridized carbons (Fsp3) is 0.409. The standard InChI is InChI=1S/C22H26N2O/c1-6-16(2)7-12-21(25)22(3,4)19-10-8-17(9-11-19)18-13-20(23-5)15-24-14-18/h8-11,13-16H,6-7,12H2,1-4H3. The molecule has 25 heavy (non-hydrogen) atoms. The smallest absolute Gasteiger partial charge is 0.205 e. The van der Waals surface area contributed by atoms with E-state index >= 15 is 0 Å². The van der Waals surface area contributed by atoms with Crippen molar-refractivity contribution in [3.63, 3.8) is 0 Å². The Labute approximate surface area is 150 Å². The maximum absolute atomic E-state index is 12.7. The second kappa shape index (κ2) is 8.07. The van der Waals surface area contributed by atoms with Gasteiger partial charge in [0, 0.05) is 24.2 Å². The van der Waals surface area contributed by atoms with Gasteiger partial charge in [-0.15, -0.1) is 0 Å². The predicted octanol–water partition coefficient (Wildman–Crippen LogP) is 5.97. The van der Waals surface area contributed by atoms with Gasteiger partial charge in [-0.05, 0) is 48.9 Å². The number of benzene rings is 1. The number of rotatable bonds is 7. The zero-order valence-electron chi connectivity index (χ0n) is 15.5. The number of Topliss-reactive ketones (excluding diaryl/α,β-unsaturated/α-hetero) is 1. The average molecular weight is 334 g/mol. The molecule has 1 atom stereocenters. The molecule has 3 nitrogen and oxygen atoms in total. The van der Waals surface area contributed by atoms with E-state index in [1.165, 1.54) is 0 Å². The van der Waals surface area contributed by atoms with Crippen LogP contribution in [0.1, 0.15) is 52.5 Å². The number of carbonyl (C=O) groups is 1. The van der Waals surface area contributed by atoms with E-state index in [4.69, 9.17) is 6.57 Å². The van der Waals surface area contributed by atoms with Crippen LogP contribution in [0.2, 0.25) is 0 Å². The SMILES string of the molecule is [C-]#[N+]c1cncc(-c2ccc(C(C)(C)C(=O)CCC(C)CC)cc2)c1. The zero-order chi connectivity index (χ0) is 18.4. The van der Waals surface area contributed by atoms with Crippen LogP contribution in [-0.4, -0.2) is 10.8 Å². The molecule has 0 aliphatic rings. The van der Waals surface area contributed by atoms with Crippen molar-refractivity contribution in [2.45, 2.75) is 52.4 Å². The summed E-state index contributed by atoms with van der Waals surface area (Å²) >= 11 is 0. The van der Waals surface area contributed by atoms with Crippen molar-refractivity contribution in [3.8, 4) is 11.1 Å². The largest absolute Gasteiger partial charge is 0.299 e. The molecule has 0 N–H and O–H groups in total. The summed E-state index contributed by atoms with van der Waals surface area (Å²) in [4.78, 5) is 20.2. The molecule has 1 aromatic carbocycles. The molecule has 0 fully saturated rings. The van der Waals surface area contributed by atoms with E-state index in [1.807, 2.05) is 44.2 Å². The fourth-order valence-corrected chi connectivity index (χ4v) is 2.78. The first kappa shape index (κ1) is 18.9. The number of carbonyl (C=O) groups excluding carboxylic acids is 1. The van der Waals surface area contributed by atoms with Gasteiger partial charge in [0.2, 0.25) is 5.69 Å². The molecule has 3 heteroatoms. The number of pyridine rings is 1. The quantitative estimate of drug-likeness (QED) is 0.584. The van der Waals surface area contributed by atoms with Crippen LogP contribution in [0.25, 0.3) is 16.0 Å². The molecular formula is C22H26N2O. The summed E-state index contributed by atoms with van der Waals surface area (Å²) in [5, 5.41) is 0. The third kappa shape index (κ3) is 4.54. The van der Waals surface area contributed by atoms with Gasteiger partial charge in [0.1, 0.15) is 5.78 Å². The van der Waals surface area contributed by atoms with Crippen LogP contribution < -0.4 is 0 Å². The number of hydrogen-bond acceptors (Lipinski definition) is 2. The monoisotopic (exact) mass is 334 g/mol. The van der Waals surface area contributed by atoms with Gasteiger partial charge in [0.05, 0.1) is 6.57 Å². The molecule has 0 aliphatic heterocycles. The first-order valence-corrected chi connectivity index (χ1v) is 8.85. The molecule has 130 valence electrons. The summed E-state index contributed by atoms with van der Waals surface area (Å²) in [6.07, 6.45) is 6.00. The lowest BCUT2D eigenvalue weighted by molar-refractivity contribution is -0.123. The summed E-state index contributed by atoms with van der Waals surface area (Å²) in [5.74, 6) is 0.876. The van der Waals surface area contributed by atoms with Gasteiger partial charge >= 0.3 is 0 Å². The molecular weight excluding hydrogens is 308 g/mol. The Bertz CT molecular complexity index is 769. The Balaban J connectivity index is 2.17. The molecule has 1 unspecified atom stereocenters. The lowest BCUT2D eigenvalue weighted by Gasteiger charge is -2.24. The Morgan fingerprint density at radius 2 is 1.88 bits per heavy atom. The molecule has 2 aromatic rings. The number of aromatic nitrogens is 1. The number of nitrogens with zero attached hydrogens (tertiary/aromatic N) is 2. The molecule has 0 amide bonds. The Morgan fingerprint density at radius 3 is 2.48 bits per heavy atom. The van der Waals surface area contributed by atoms with Crippen molar-refractivity contribution in [1.82, 2.24) is 4.98 Å². The van der Waals surface area contributed by atoms with Crippen LogP contribution in [0.3, 0.4) is 0 Å². The van der Waals surface area contributed by atoms with E-state index in [0.29, 0.717) is 18.0 Å². The van der Waals surface area contributed by atoms with E-state index in [0.717, 1.165) is 29.5 Å². The molecule has 0 spiro atoms. The van der Waals surface area contributed by atoms with E-state index < -0.39 is 5.41 Å². The van der Waals surface area contributed by atoms with Gasteiger partial charge in [0.25, 0.3) is 0 Å². The summed E-state index contributed by atoms with van der Waals surface area (Å²) < 4.78 is 0. The van der Waals surface area contributed by atoms with Gasteiger partial charge in [-0.3, -0.25) is 9.78 Å². The van der Waals surface area contributed by atoms with Crippen LogP contribution in [0.5, 0.6) is 0 Å². The minimum Gasteiger partial charge on any atom is -0.299 e. The molecule has 0 saturated carbocycles. The van der Waals surface area contributed by atoms with Crippen molar-refractivity contribution in [1.29, 1.82) is 0 Å². The minimum absolute atomic E-state index is 0.289. The molecule has 0 bridgehead atoms. The van der Waals surface area contributed by atoms with Gasteiger partial charge in [-0.1, -0.05) is 44.5 Å². The van der Waals surface area contributed by atoms with Crippen LogP contribution in [0.15, 0.2) is 42.7 Å². The van der Waals surface area contributed by atoms with Crippen LogP contribution in [0.4, 0.5) is 5.69 Å². The summed E-state index contributed by atoms with van der Waals surface area (Å²) in [6.45, 7) is 15.5. The highest BCUT2D eigenvalue weighted by atomic mass is 16.1. The first-order valence-electron chi connectivity index (χ1n) is 8.85. The van der Waals surface area contributed by atoms with E-state index in [1.54, 1.807) is 12.4 Å². The maximum Gasteiger partial charge on any atom is 0.205 e. The fourth-order valence-electron chi connectivity index (χ4n) is 2.78. The lowest BCUT2D eigenvalue weighted by Crippen LogP contribution is -2.29. The summed E-state index contributed by atoms with van der Waals surface area (Å²) in [6, 6.07) is 9.87. The van der Waals surface area contributed by atoms with Crippen molar-refractivity contribution in [2.75, 3.05) is 0 Å². The van der Waals surface area contributed by atoms with E-state index in [9.17, 15) is 4.79 Å². The van der Waals surface area contributed by atoms with E-state index in [2.05, 4.69) is 23.7 Å². The minimum atomic E-state index is -0.484. The van der Waals surface area contributed by atoms with E-state index in [-0.39, 0.29) is 5.78 Å². The normalized spacial score (nSPS) is 12.4. The third-order valence-electron chi connectivity index (χ3n) is 5.05. The van der Waals surface area contributed by atoms with Gasteiger partial charge in [0.15, 0.2) is 0 Å². The predicted molar refractivity (Wildman–Crippen MR) is 103 cm³/mol. The van der Waals surface area contributed by atoms with Crippen LogP contribution >= 0.6 is 0 Å². The molecule has 1 aromatic heterocycles. The first-order chi connectivity index (χ1) is 11.9. The molecule has 0 radical (unpaired) electrons. The van der Waals surface area contributed by atoms with Crippen molar-refractivity contribution < 1.29 is 4.79 Å². The van der Waals surface area contributed by atoms with Gasteiger partial charge < -0.3 is 0 Å². The van der Waals surface area contributed by atoms with Crippen molar-refractivity contribution in [3.05, 3.63) is 59.7 Å². The average Bonchev–Trinajstić information content (AvgIpc) is 2.65. The number of hydrogen-bond donors (Lipinski definition) is 0. The molecule has 2 rings (SSSR count).